The van der Waals surface area contributed by atoms with Gasteiger partial charge >= 0.3 is 0 Å². The standard InChI is InChI=1S/C16H19FN2O2/c1-11(20)19-6-5-16(8-13(16)10-19)15(21)18-9-12-3-2-4-14(17)7-12/h2-4,7,13H,5-6,8-10H2,1H3,(H,18,21)/t13-,16-/m0/s1. The number of hydrogen-bond donors (Lipinski definition) is 1. The third kappa shape index (κ3) is 2.64. The van der Waals surface area contributed by atoms with Gasteiger partial charge in [-0.25, -0.2) is 4.39 Å². The first-order valence-electron chi connectivity index (χ1n) is 7.29. The van der Waals surface area contributed by atoms with Crippen molar-refractivity contribution in [3.8, 4) is 0 Å². The van der Waals surface area contributed by atoms with Gasteiger partial charge in [-0.15, -0.1) is 0 Å². The minimum Gasteiger partial charge on any atom is -0.352 e. The Morgan fingerprint density at radius 1 is 1.48 bits per heavy atom. The van der Waals surface area contributed by atoms with Crippen molar-refractivity contribution in [2.24, 2.45) is 11.3 Å². The van der Waals surface area contributed by atoms with Crippen LogP contribution in [0.2, 0.25) is 0 Å². The second kappa shape index (κ2) is 5.13. The van der Waals surface area contributed by atoms with E-state index in [4.69, 9.17) is 0 Å². The van der Waals surface area contributed by atoms with Crippen molar-refractivity contribution in [2.75, 3.05) is 13.1 Å². The summed E-state index contributed by atoms with van der Waals surface area (Å²) in [6.45, 7) is 3.25. The molecule has 1 N–H and O–H groups in total. The number of amides is 2. The van der Waals surface area contributed by atoms with Crippen molar-refractivity contribution in [1.82, 2.24) is 10.2 Å². The van der Waals surface area contributed by atoms with Gasteiger partial charge in [-0.05, 0) is 36.5 Å². The first-order chi connectivity index (χ1) is 10.0. The first kappa shape index (κ1) is 14.0. The summed E-state index contributed by atoms with van der Waals surface area (Å²) in [5, 5.41) is 2.91. The zero-order valence-corrected chi connectivity index (χ0v) is 12.1. The van der Waals surface area contributed by atoms with Crippen LogP contribution in [-0.2, 0) is 16.1 Å². The van der Waals surface area contributed by atoms with E-state index in [0.717, 1.165) is 18.4 Å². The summed E-state index contributed by atoms with van der Waals surface area (Å²) >= 11 is 0. The molecular formula is C16H19FN2O2. The van der Waals surface area contributed by atoms with E-state index in [2.05, 4.69) is 5.32 Å². The van der Waals surface area contributed by atoms with E-state index in [-0.39, 0.29) is 29.0 Å². The molecule has 1 aliphatic heterocycles. The van der Waals surface area contributed by atoms with E-state index in [9.17, 15) is 14.0 Å². The molecule has 112 valence electrons. The van der Waals surface area contributed by atoms with Crippen LogP contribution < -0.4 is 5.32 Å². The predicted octanol–water partition coefficient (Wildman–Crippen LogP) is 1.70. The molecule has 3 rings (SSSR count). The highest BCUT2D eigenvalue weighted by Gasteiger charge is 2.61. The second-order valence-electron chi connectivity index (χ2n) is 6.08. The normalized spacial score (nSPS) is 27.0. The highest BCUT2D eigenvalue weighted by atomic mass is 19.1. The molecule has 5 heteroatoms. The molecule has 1 saturated heterocycles. The van der Waals surface area contributed by atoms with Crippen molar-refractivity contribution in [2.45, 2.75) is 26.3 Å². The SMILES string of the molecule is CC(=O)N1CC[C@]2(C(=O)NCc3cccc(F)c3)C[C@H]2C1. The molecule has 4 nitrogen and oxygen atoms in total. The molecular weight excluding hydrogens is 271 g/mol. The Hall–Kier alpha value is -1.91. The van der Waals surface area contributed by atoms with E-state index in [0.29, 0.717) is 19.6 Å². The Labute approximate surface area is 123 Å². The summed E-state index contributed by atoms with van der Waals surface area (Å²) in [7, 11) is 0. The highest BCUT2D eigenvalue weighted by Crippen LogP contribution is 2.58. The number of nitrogens with zero attached hydrogens (tertiary/aromatic N) is 1. The minimum atomic E-state index is -0.293. The van der Waals surface area contributed by atoms with Gasteiger partial charge in [-0.2, -0.15) is 0 Å². The number of halogens is 1. The molecule has 0 radical (unpaired) electrons. The number of rotatable bonds is 3. The molecule has 2 aliphatic rings. The molecule has 1 heterocycles. The number of fused-ring (bicyclic) bond motifs is 1. The number of piperidine rings is 1. The zero-order chi connectivity index (χ0) is 15.0. The lowest BCUT2D eigenvalue weighted by atomic mass is 9.94. The predicted molar refractivity (Wildman–Crippen MR) is 75.7 cm³/mol. The van der Waals surface area contributed by atoms with Crippen LogP contribution in [0.15, 0.2) is 24.3 Å². The van der Waals surface area contributed by atoms with E-state index in [1.807, 2.05) is 4.90 Å². The summed E-state index contributed by atoms with van der Waals surface area (Å²) in [5.41, 5.74) is 0.470. The molecule has 1 saturated carbocycles. The van der Waals surface area contributed by atoms with Crippen molar-refractivity contribution in [3.05, 3.63) is 35.6 Å². The van der Waals surface area contributed by atoms with Crippen LogP contribution in [0.3, 0.4) is 0 Å². The summed E-state index contributed by atoms with van der Waals surface area (Å²) in [4.78, 5) is 25.6. The van der Waals surface area contributed by atoms with E-state index >= 15 is 0 Å². The maximum Gasteiger partial charge on any atom is 0.226 e. The van der Waals surface area contributed by atoms with Crippen LogP contribution in [0.5, 0.6) is 0 Å². The van der Waals surface area contributed by atoms with Gasteiger partial charge in [0.1, 0.15) is 5.82 Å². The lowest BCUT2D eigenvalue weighted by Crippen LogP contribution is -2.43. The molecule has 0 aromatic heterocycles. The smallest absolute Gasteiger partial charge is 0.226 e. The molecule has 2 atom stereocenters. The third-order valence-corrected chi connectivity index (χ3v) is 4.74. The second-order valence-corrected chi connectivity index (χ2v) is 6.08. The van der Waals surface area contributed by atoms with Gasteiger partial charge in [0.2, 0.25) is 11.8 Å². The van der Waals surface area contributed by atoms with Crippen molar-refractivity contribution >= 4 is 11.8 Å². The van der Waals surface area contributed by atoms with Gasteiger partial charge in [0.15, 0.2) is 0 Å². The maximum absolute atomic E-state index is 13.1. The van der Waals surface area contributed by atoms with Crippen molar-refractivity contribution < 1.29 is 14.0 Å². The Kier molecular flexibility index (Phi) is 3.43. The van der Waals surface area contributed by atoms with Gasteiger partial charge in [0.25, 0.3) is 0 Å². The Morgan fingerprint density at radius 2 is 2.29 bits per heavy atom. The number of nitrogens with one attached hydrogen (secondary N) is 1. The largest absolute Gasteiger partial charge is 0.352 e. The molecule has 21 heavy (non-hydrogen) atoms. The molecule has 0 bridgehead atoms. The molecule has 0 unspecified atom stereocenters. The summed E-state index contributed by atoms with van der Waals surface area (Å²) in [6, 6.07) is 6.25. The van der Waals surface area contributed by atoms with Crippen molar-refractivity contribution in [1.29, 1.82) is 0 Å². The van der Waals surface area contributed by atoms with Crippen LogP contribution >= 0.6 is 0 Å². The number of carbonyl (C=O) groups excluding carboxylic acids is 2. The first-order valence-corrected chi connectivity index (χ1v) is 7.29. The fourth-order valence-electron chi connectivity index (χ4n) is 3.30. The Bertz CT molecular complexity index is 589. The minimum absolute atomic E-state index is 0.0416. The van der Waals surface area contributed by atoms with E-state index in [1.54, 1.807) is 19.1 Å². The van der Waals surface area contributed by atoms with Crippen molar-refractivity contribution in [3.63, 3.8) is 0 Å². The molecule has 0 spiro atoms. The van der Waals surface area contributed by atoms with Gasteiger partial charge in [0.05, 0.1) is 5.41 Å². The molecule has 1 aromatic rings. The average molecular weight is 290 g/mol. The quantitative estimate of drug-likeness (QED) is 0.921. The van der Waals surface area contributed by atoms with Crippen LogP contribution in [0.1, 0.15) is 25.3 Å². The van der Waals surface area contributed by atoms with Gasteiger partial charge in [-0.1, -0.05) is 12.1 Å². The summed E-state index contributed by atoms with van der Waals surface area (Å²) < 4.78 is 13.1. The van der Waals surface area contributed by atoms with Gasteiger partial charge in [-0.3, -0.25) is 9.59 Å². The fourth-order valence-corrected chi connectivity index (χ4v) is 3.30. The van der Waals surface area contributed by atoms with Crippen LogP contribution in [-0.4, -0.2) is 29.8 Å². The average Bonchev–Trinajstić information content (AvgIpc) is 3.19. The monoisotopic (exact) mass is 290 g/mol. The zero-order valence-electron chi connectivity index (χ0n) is 12.1. The lowest BCUT2D eigenvalue weighted by molar-refractivity contribution is -0.134. The Morgan fingerprint density at radius 3 is 2.95 bits per heavy atom. The maximum atomic E-state index is 13.1. The lowest BCUT2D eigenvalue weighted by Gasteiger charge is -2.30. The highest BCUT2D eigenvalue weighted by molar-refractivity contribution is 5.86. The third-order valence-electron chi connectivity index (χ3n) is 4.74. The number of benzene rings is 1. The summed E-state index contributed by atoms with van der Waals surface area (Å²) in [6.07, 6.45) is 1.58. The number of carbonyl (C=O) groups is 2. The van der Waals surface area contributed by atoms with E-state index < -0.39 is 0 Å². The molecule has 1 aliphatic carbocycles. The van der Waals surface area contributed by atoms with Gasteiger partial charge < -0.3 is 10.2 Å². The molecule has 2 fully saturated rings. The van der Waals surface area contributed by atoms with Crippen LogP contribution in [0.25, 0.3) is 0 Å². The van der Waals surface area contributed by atoms with Crippen LogP contribution in [0.4, 0.5) is 4.39 Å². The number of hydrogen-bond acceptors (Lipinski definition) is 2. The molecule has 1 aromatic carbocycles. The molecule has 2 amide bonds. The van der Waals surface area contributed by atoms with Crippen LogP contribution in [0, 0.1) is 17.2 Å². The summed E-state index contributed by atoms with van der Waals surface area (Å²) in [5.74, 6) is 0.109. The fraction of sp³-hybridized carbons (Fsp3) is 0.500. The number of likely N-dealkylation sites (tertiary alicyclic amines) is 1. The van der Waals surface area contributed by atoms with E-state index in [1.165, 1.54) is 12.1 Å². The van der Waals surface area contributed by atoms with Gasteiger partial charge in [0, 0.05) is 26.6 Å². The topological polar surface area (TPSA) is 49.4 Å². The Balaban J connectivity index is 1.57.